The molecule has 0 radical (unpaired) electrons. The van der Waals surface area contributed by atoms with Gasteiger partial charge in [0.2, 0.25) is 5.95 Å². The second kappa shape index (κ2) is 9.97. The predicted octanol–water partition coefficient (Wildman–Crippen LogP) is 11.5. The molecule has 0 bridgehead atoms. The van der Waals surface area contributed by atoms with Gasteiger partial charge in [-0.2, -0.15) is 0 Å². The van der Waals surface area contributed by atoms with Crippen molar-refractivity contribution in [1.82, 2.24) is 14.5 Å². The van der Waals surface area contributed by atoms with Gasteiger partial charge in [-0.15, -0.1) is 0 Å². The van der Waals surface area contributed by atoms with E-state index in [4.69, 9.17) is 9.97 Å². The second-order valence-electron chi connectivity index (χ2n) is 13.4. The fourth-order valence-corrected chi connectivity index (χ4v) is 8.12. The SMILES string of the molecule is CC1(C)c2ccccc2-c2c3c1cccc3cc1c3ccccc3n(-c3nc(-c4ccc(-c5ccccc5)cc4)c4ccccc4n3)c21. The summed E-state index contributed by atoms with van der Waals surface area (Å²) in [5.41, 5.74) is 12.7. The van der Waals surface area contributed by atoms with Crippen molar-refractivity contribution in [2.45, 2.75) is 19.3 Å². The molecular weight excluding hydrogens is 583 g/mol. The Kier molecular flexibility index (Phi) is 5.63. The maximum Gasteiger partial charge on any atom is 0.235 e. The minimum atomic E-state index is -0.133. The van der Waals surface area contributed by atoms with Gasteiger partial charge in [0.1, 0.15) is 0 Å². The summed E-state index contributed by atoms with van der Waals surface area (Å²) in [6.45, 7) is 4.70. The molecule has 2 aromatic heterocycles. The van der Waals surface area contributed by atoms with Crippen molar-refractivity contribution in [2.75, 3.05) is 0 Å². The summed E-state index contributed by atoms with van der Waals surface area (Å²) in [6, 6.07) is 54.5. The largest absolute Gasteiger partial charge is 0.277 e. The van der Waals surface area contributed by atoms with E-state index in [1.807, 2.05) is 0 Å². The van der Waals surface area contributed by atoms with Gasteiger partial charge in [0, 0.05) is 32.7 Å². The molecule has 0 unspecified atom stereocenters. The van der Waals surface area contributed by atoms with Gasteiger partial charge >= 0.3 is 0 Å². The number of fused-ring (bicyclic) bond motifs is 7. The number of para-hydroxylation sites is 2. The zero-order valence-electron chi connectivity index (χ0n) is 26.8. The molecule has 48 heavy (non-hydrogen) atoms. The summed E-state index contributed by atoms with van der Waals surface area (Å²) in [6.07, 6.45) is 0. The summed E-state index contributed by atoms with van der Waals surface area (Å²) in [7, 11) is 0. The maximum absolute atomic E-state index is 5.45. The molecule has 10 rings (SSSR count). The molecule has 1 aliphatic carbocycles. The van der Waals surface area contributed by atoms with Crippen molar-refractivity contribution >= 4 is 43.5 Å². The van der Waals surface area contributed by atoms with Crippen molar-refractivity contribution in [3.8, 4) is 39.5 Å². The van der Waals surface area contributed by atoms with Crippen LogP contribution in [0.4, 0.5) is 0 Å². The van der Waals surface area contributed by atoms with Crippen molar-refractivity contribution in [3.05, 3.63) is 163 Å². The molecule has 0 saturated carbocycles. The van der Waals surface area contributed by atoms with Crippen molar-refractivity contribution in [1.29, 1.82) is 0 Å². The molecule has 0 saturated heterocycles. The molecule has 0 fully saturated rings. The van der Waals surface area contributed by atoms with Crippen LogP contribution in [-0.2, 0) is 5.41 Å². The van der Waals surface area contributed by atoms with Crippen LogP contribution in [0.2, 0.25) is 0 Å². The van der Waals surface area contributed by atoms with Crippen LogP contribution >= 0.6 is 0 Å². The van der Waals surface area contributed by atoms with Gasteiger partial charge < -0.3 is 0 Å². The fourth-order valence-electron chi connectivity index (χ4n) is 8.12. The van der Waals surface area contributed by atoms with E-state index in [2.05, 4.69) is 170 Å². The van der Waals surface area contributed by atoms with Gasteiger partial charge in [-0.1, -0.05) is 147 Å². The van der Waals surface area contributed by atoms with Crippen LogP contribution in [0, 0.1) is 0 Å². The Morgan fingerprint density at radius 1 is 0.521 bits per heavy atom. The molecule has 226 valence electrons. The molecule has 2 heterocycles. The van der Waals surface area contributed by atoms with Gasteiger partial charge in [0.05, 0.1) is 22.2 Å². The minimum Gasteiger partial charge on any atom is -0.277 e. The van der Waals surface area contributed by atoms with Crippen LogP contribution in [0.25, 0.3) is 82.9 Å². The molecule has 1 aliphatic rings. The van der Waals surface area contributed by atoms with Crippen LogP contribution < -0.4 is 0 Å². The molecule has 7 aromatic carbocycles. The van der Waals surface area contributed by atoms with Gasteiger partial charge in [-0.05, 0) is 56.8 Å². The van der Waals surface area contributed by atoms with E-state index >= 15 is 0 Å². The van der Waals surface area contributed by atoms with Crippen molar-refractivity contribution in [2.24, 2.45) is 0 Å². The van der Waals surface area contributed by atoms with E-state index in [1.54, 1.807) is 0 Å². The molecule has 9 aromatic rings. The lowest BCUT2D eigenvalue weighted by Crippen LogP contribution is -2.23. The number of nitrogens with zero attached hydrogens (tertiary/aromatic N) is 3. The summed E-state index contributed by atoms with van der Waals surface area (Å²) >= 11 is 0. The third-order valence-electron chi connectivity index (χ3n) is 10.4. The summed E-state index contributed by atoms with van der Waals surface area (Å²) in [5, 5.41) is 6.03. The lowest BCUT2D eigenvalue weighted by Gasteiger charge is -2.35. The number of hydrogen-bond acceptors (Lipinski definition) is 2. The Morgan fingerprint density at radius 3 is 2.04 bits per heavy atom. The predicted molar refractivity (Wildman–Crippen MR) is 200 cm³/mol. The quantitative estimate of drug-likeness (QED) is 0.198. The van der Waals surface area contributed by atoms with E-state index in [-0.39, 0.29) is 5.41 Å². The molecular formula is C45H31N3. The molecule has 0 spiro atoms. The number of hydrogen-bond donors (Lipinski definition) is 0. The lowest BCUT2D eigenvalue weighted by molar-refractivity contribution is 0.645. The Morgan fingerprint density at radius 2 is 1.19 bits per heavy atom. The van der Waals surface area contributed by atoms with Gasteiger partial charge in [-0.3, -0.25) is 4.57 Å². The minimum absolute atomic E-state index is 0.133. The highest BCUT2D eigenvalue weighted by atomic mass is 15.2. The summed E-state index contributed by atoms with van der Waals surface area (Å²) < 4.78 is 2.32. The fraction of sp³-hybridized carbons (Fsp3) is 0.0667. The summed E-state index contributed by atoms with van der Waals surface area (Å²) in [5.74, 6) is 0.678. The standard InChI is InChI=1S/C45H31N3/c1-45(2)36-19-9-6-17-33(36)41-40-31(15-12-20-37(40)45)27-35-32-16-8-11-22-39(32)48(43(35)41)44-46-38-21-10-7-18-34(38)42(47-44)30-25-23-29(24-26-30)28-13-4-3-5-14-28/h3-27H,1-2H3. The van der Waals surface area contributed by atoms with Crippen LogP contribution in [-0.4, -0.2) is 14.5 Å². The monoisotopic (exact) mass is 613 g/mol. The van der Waals surface area contributed by atoms with E-state index < -0.39 is 0 Å². The Bertz CT molecular complexity index is 2730. The number of rotatable bonds is 3. The zero-order chi connectivity index (χ0) is 32.0. The molecule has 0 amide bonds. The molecule has 3 heteroatoms. The van der Waals surface area contributed by atoms with Crippen LogP contribution in [0.5, 0.6) is 0 Å². The van der Waals surface area contributed by atoms with Crippen molar-refractivity contribution in [3.63, 3.8) is 0 Å². The highest BCUT2D eigenvalue weighted by Gasteiger charge is 2.35. The smallest absolute Gasteiger partial charge is 0.235 e. The lowest BCUT2D eigenvalue weighted by atomic mass is 9.68. The van der Waals surface area contributed by atoms with Crippen LogP contribution in [0.1, 0.15) is 25.0 Å². The first kappa shape index (κ1) is 27.1. The van der Waals surface area contributed by atoms with Gasteiger partial charge in [0.25, 0.3) is 0 Å². The first-order valence-corrected chi connectivity index (χ1v) is 16.6. The normalized spacial score (nSPS) is 13.4. The average Bonchev–Trinajstić information content (AvgIpc) is 3.47. The Labute approximate surface area is 278 Å². The first-order valence-electron chi connectivity index (χ1n) is 16.6. The van der Waals surface area contributed by atoms with E-state index in [9.17, 15) is 0 Å². The second-order valence-corrected chi connectivity index (χ2v) is 13.4. The van der Waals surface area contributed by atoms with Crippen molar-refractivity contribution < 1.29 is 0 Å². The molecule has 3 nitrogen and oxygen atoms in total. The van der Waals surface area contributed by atoms with E-state index in [0.717, 1.165) is 33.2 Å². The van der Waals surface area contributed by atoms with Crippen LogP contribution in [0.3, 0.4) is 0 Å². The maximum atomic E-state index is 5.45. The first-order chi connectivity index (χ1) is 23.6. The third kappa shape index (κ3) is 3.76. The highest BCUT2D eigenvalue weighted by Crippen LogP contribution is 2.52. The molecule has 0 N–H and O–H groups in total. The molecule has 0 aliphatic heterocycles. The third-order valence-corrected chi connectivity index (χ3v) is 10.4. The number of benzene rings is 7. The topological polar surface area (TPSA) is 30.7 Å². The van der Waals surface area contributed by atoms with Crippen LogP contribution in [0.15, 0.2) is 152 Å². The summed E-state index contributed by atoms with van der Waals surface area (Å²) in [4.78, 5) is 10.8. The Balaban J connectivity index is 1.32. The number of aromatic nitrogens is 3. The van der Waals surface area contributed by atoms with Gasteiger partial charge in [0.15, 0.2) is 0 Å². The highest BCUT2D eigenvalue weighted by molar-refractivity contribution is 6.23. The molecule has 0 atom stereocenters. The Hall–Kier alpha value is -6.06. The van der Waals surface area contributed by atoms with E-state index in [0.29, 0.717) is 5.95 Å². The average molecular weight is 614 g/mol. The van der Waals surface area contributed by atoms with Gasteiger partial charge in [-0.25, -0.2) is 9.97 Å². The zero-order valence-corrected chi connectivity index (χ0v) is 26.8. The van der Waals surface area contributed by atoms with E-state index in [1.165, 1.54) is 54.9 Å².